The molecule has 0 radical (unpaired) electrons. The number of hydrogen-bond acceptors (Lipinski definition) is 2. The van der Waals surface area contributed by atoms with Crippen molar-refractivity contribution in [2.45, 2.75) is 52.5 Å². The summed E-state index contributed by atoms with van der Waals surface area (Å²) in [4.78, 5) is 24.7. The van der Waals surface area contributed by atoms with E-state index in [1.54, 1.807) is 0 Å². The molecule has 2 bridgehead atoms. The highest BCUT2D eigenvalue weighted by molar-refractivity contribution is 5.80. The molecule has 4 atom stereocenters. The van der Waals surface area contributed by atoms with Gasteiger partial charge in [0.15, 0.2) is 0 Å². The third-order valence-electron chi connectivity index (χ3n) is 4.99. The molecule has 2 fully saturated rings. The third-order valence-corrected chi connectivity index (χ3v) is 4.99. The highest BCUT2D eigenvalue weighted by atomic mass is 16.4. The largest absolute Gasteiger partial charge is 0.480 e. The average Bonchev–Trinajstić information content (AvgIpc) is 2.98. The van der Waals surface area contributed by atoms with Crippen molar-refractivity contribution in [1.29, 1.82) is 0 Å². The van der Waals surface area contributed by atoms with Crippen molar-refractivity contribution in [2.24, 2.45) is 23.7 Å². The van der Waals surface area contributed by atoms with E-state index >= 15 is 0 Å². The molecule has 0 saturated heterocycles. The maximum atomic E-state index is 12.3. The zero-order valence-corrected chi connectivity index (χ0v) is 13.3. The van der Waals surface area contributed by atoms with E-state index in [1.165, 1.54) is 30.6 Å². The number of carboxylic acid groups (broad SMARTS) is 1. The zero-order chi connectivity index (χ0) is 15.6. The maximum Gasteiger partial charge on any atom is 0.323 e. The topological polar surface area (TPSA) is 69.6 Å². The Labute approximate surface area is 127 Å². The van der Waals surface area contributed by atoms with Crippen LogP contribution in [0.1, 0.15) is 46.5 Å². The maximum absolute atomic E-state index is 12.3. The van der Waals surface area contributed by atoms with Crippen LogP contribution in [0.5, 0.6) is 0 Å². The summed E-state index contributed by atoms with van der Waals surface area (Å²) >= 11 is 0. The van der Waals surface area contributed by atoms with Crippen LogP contribution in [-0.2, 0) is 4.79 Å². The van der Waals surface area contributed by atoms with Gasteiger partial charge in [0.1, 0.15) is 6.54 Å². The number of carbonyl (C=O) groups excluding carboxylic acids is 1. The fourth-order valence-electron chi connectivity index (χ4n) is 4.12. The molecule has 0 heterocycles. The Bertz CT molecular complexity index is 397. The lowest BCUT2D eigenvalue weighted by molar-refractivity contribution is -0.137. The molecule has 0 aromatic carbocycles. The number of fused-ring (bicyclic) bond motifs is 2. The lowest BCUT2D eigenvalue weighted by atomic mass is 9.84. The molecule has 5 nitrogen and oxygen atoms in total. The lowest BCUT2D eigenvalue weighted by Crippen LogP contribution is -2.49. The van der Waals surface area contributed by atoms with E-state index in [1.807, 2.05) is 13.8 Å². The van der Waals surface area contributed by atoms with Crippen molar-refractivity contribution < 1.29 is 14.7 Å². The average molecular weight is 296 g/mol. The molecule has 0 spiro atoms. The first-order valence-electron chi connectivity index (χ1n) is 8.14. The van der Waals surface area contributed by atoms with Gasteiger partial charge < -0.3 is 15.3 Å². The molecule has 0 aromatic rings. The summed E-state index contributed by atoms with van der Waals surface area (Å²) in [6.07, 6.45) is 5.17. The van der Waals surface area contributed by atoms with Crippen molar-refractivity contribution in [3.63, 3.8) is 0 Å². The predicted molar refractivity (Wildman–Crippen MR) is 81.0 cm³/mol. The van der Waals surface area contributed by atoms with Gasteiger partial charge in [-0.3, -0.25) is 4.79 Å². The summed E-state index contributed by atoms with van der Waals surface area (Å²) in [5, 5.41) is 12.0. The zero-order valence-electron chi connectivity index (χ0n) is 13.3. The molecule has 2 N–H and O–H groups in total. The van der Waals surface area contributed by atoms with Crippen LogP contribution in [0.25, 0.3) is 0 Å². The van der Waals surface area contributed by atoms with Crippen LogP contribution in [0.2, 0.25) is 0 Å². The minimum Gasteiger partial charge on any atom is -0.480 e. The van der Waals surface area contributed by atoms with E-state index < -0.39 is 5.97 Å². The van der Waals surface area contributed by atoms with Crippen molar-refractivity contribution in [3.05, 3.63) is 0 Å². The van der Waals surface area contributed by atoms with Gasteiger partial charge in [0.2, 0.25) is 0 Å². The Morgan fingerprint density at radius 1 is 1.24 bits per heavy atom. The highest BCUT2D eigenvalue weighted by Crippen LogP contribution is 2.49. The third kappa shape index (κ3) is 4.11. The second-order valence-electron chi connectivity index (χ2n) is 7.24. The first-order valence-corrected chi connectivity index (χ1v) is 8.14. The fraction of sp³-hybridized carbons (Fsp3) is 0.875. The van der Waals surface area contributed by atoms with Gasteiger partial charge in [0.05, 0.1) is 0 Å². The normalized spacial score (nSPS) is 28.7. The number of carboxylic acids is 1. The molecular weight excluding hydrogens is 268 g/mol. The molecule has 0 aromatic heterocycles. The van der Waals surface area contributed by atoms with Crippen LogP contribution in [0.4, 0.5) is 4.79 Å². The molecule has 4 unspecified atom stereocenters. The van der Waals surface area contributed by atoms with Crippen LogP contribution >= 0.6 is 0 Å². The monoisotopic (exact) mass is 296 g/mol. The standard InChI is InChI=1S/C16H28N2O3/c1-10(2)8-18(9-15(19)20)16(21)17-11(3)14-7-12-4-5-13(14)6-12/h10-14H,4-9H2,1-3H3,(H,17,21)(H,19,20). The molecule has 2 amide bonds. The van der Waals surface area contributed by atoms with Crippen molar-refractivity contribution in [2.75, 3.05) is 13.1 Å². The molecule has 2 rings (SSSR count). The number of rotatable bonds is 6. The van der Waals surface area contributed by atoms with Crippen LogP contribution in [-0.4, -0.2) is 41.1 Å². The molecular formula is C16H28N2O3. The number of nitrogens with one attached hydrogen (secondary N) is 1. The minimum atomic E-state index is -0.960. The van der Waals surface area contributed by atoms with Crippen molar-refractivity contribution in [1.82, 2.24) is 10.2 Å². The van der Waals surface area contributed by atoms with Crippen LogP contribution < -0.4 is 5.32 Å². The predicted octanol–water partition coefficient (Wildman–Crippen LogP) is 2.56. The van der Waals surface area contributed by atoms with Gasteiger partial charge in [-0.1, -0.05) is 20.3 Å². The molecule has 2 saturated carbocycles. The van der Waals surface area contributed by atoms with Gasteiger partial charge in [-0.25, -0.2) is 4.79 Å². The molecule has 0 aliphatic heterocycles. The summed E-state index contributed by atoms with van der Waals surface area (Å²) < 4.78 is 0. The Morgan fingerprint density at radius 2 is 1.95 bits per heavy atom. The van der Waals surface area contributed by atoms with Gasteiger partial charge in [-0.05, 0) is 49.9 Å². The second-order valence-corrected chi connectivity index (χ2v) is 7.24. The lowest BCUT2D eigenvalue weighted by Gasteiger charge is -2.31. The number of urea groups is 1. The minimum absolute atomic E-state index is 0.135. The van der Waals surface area contributed by atoms with E-state index in [0.29, 0.717) is 12.5 Å². The summed E-state index contributed by atoms with van der Waals surface area (Å²) in [6.45, 7) is 6.29. The summed E-state index contributed by atoms with van der Waals surface area (Å²) in [6, 6.07) is -0.0994. The smallest absolute Gasteiger partial charge is 0.323 e. The van der Waals surface area contributed by atoms with Gasteiger partial charge in [-0.15, -0.1) is 0 Å². The van der Waals surface area contributed by atoms with E-state index in [0.717, 1.165) is 11.8 Å². The SMILES string of the molecule is CC(C)CN(CC(=O)O)C(=O)NC(C)C1CC2CCC1C2. The second kappa shape index (κ2) is 6.67. The Balaban J connectivity index is 1.89. The van der Waals surface area contributed by atoms with Crippen molar-refractivity contribution >= 4 is 12.0 Å². The summed E-state index contributed by atoms with van der Waals surface area (Å²) in [5.41, 5.74) is 0. The number of amides is 2. The molecule has 2 aliphatic carbocycles. The van der Waals surface area contributed by atoms with Crippen LogP contribution in [0.15, 0.2) is 0 Å². The van der Waals surface area contributed by atoms with Gasteiger partial charge >= 0.3 is 12.0 Å². The first-order chi connectivity index (χ1) is 9.86. The molecule has 21 heavy (non-hydrogen) atoms. The van der Waals surface area contributed by atoms with Gasteiger partial charge in [-0.2, -0.15) is 0 Å². The number of hydrogen-bond donors (Lipinski definition) is 2. The van der Waals surface area contributed by atoms with E-state index in [9.17, 15) is 9.59 Å². The van der Waals surface area contributed by atoms with E-state index in [2.05, 4.69) is 12.2 Å². The molecule has 120 valence electrons. The quantitative estimate of drug-likeness (QED) is 0.791. The van der Waals surface area contributed by atoms with Gasteiger partial charge in [0, 0.05) is 12.6 Å². The van der Waals surface area contributed by atoms with E-state index in [4.69, 9.17) is 5.11 Å². The van der Waals surface area contributed by atoms with E-state index in [-0.39, 0.29) is 24.5 Å². The number of carbonyl (C=O) groups is 2. The van der Waals surface area contributed by atoms with Crippen LogP contribution in [0, 0.1) is 23.7 Å². The van der Waals surface area contributed by atoms with Crippen LogP contribution in [0.3, 0.4) is 0 Å². The summed E-state index contributed by atoms with van der Waals surface area (Å²) in [7, 11) is 0. The fourth-order valence-corrected chi connectivity index (χ4v) is 4.12. The Morgan fingerprint density at radius 3 is 2.43 bits per heavy atom. The van der Waals surface area contributed by atoms with Gasteiger partial charge in [0.25, 0.3) is 0 Å². The highest BCUT2D eigenvalue weighted by Gasteiger charge is 2.42. The Kier molecular flexibility index (Phi) is 5.12. The number of aliphatic carboxylic acids is 1. The molecule has 2 aliphatic rings. The van der Waals surface area contributed by atoms with Crippen molar-refractivity contribution in [3.8, 4) is 0 Å². The first kappa shape index (κ1) is 16.1. The summed E-state index contributed by atoms with van der Waals surface area (Å²) in [5.74, 6) is 1.47. The molecule has 5 heteroatoms. The Hall–Kier alpha value is -1.26. The number of nitrogens with zero attached hydrogens (tertiary/aromatic N) is 1.